The highest BCUT2D eigenvalue weighted by Gasteiger charge is 2.12. The minimum atomic E-state index is -0.533. The van der Waals surface area contributed by atoms with Crippen molar-refractivity contribution >= 4 is 29.5 Å². The standard InChI is InChI=1S/C11H12Cl2O4/c12-10-3-8(4-11(13)9(10)6-16)17-7(5-15)1-2-14/h3-4,6-7,14-15H,1-2,5H2. The SMILES string of the molecule is O=Cc1c(Cl)cc(OC(CO)CCO)cc1Cl. The molecule has 0 spiro atoms. The van der Waals surface area contributed by atoms with Gasteiger partial charge in [-0.15, -0.1) is 0 Å². The third kappa shape index (κ3) is 3.85. The number of carbonyl (C=O) groups is 1. The Morgan fingerprint density at radius 2 is 1.88 bits per heavy atom. The number of hydrogen-bond donors (Lipinski definition) is 2. The molecule has 0 aliphatic heterocycles. The van der Waals surface area contributed by atoms with Gasteiger partial charge in [0.1, 0.15) is 11.9 Å². The fourth-order valence-corrected chi connectivity index (χ4v) is 1.82. The van der Waals surface area contributed by atoms with Crippen LogP contribution in [0.1, 0.15) is 16.8 Å². The van der Waals surface area contributed by atoms with E-state index >= 15 is 0 Å². The molecule has 17 heavy (non-hydrogen) atoms. The minimum Gasteiger partial charge on any atom is -0.488 e. The summed E-state index contributed by atoms with van der Waals surface area (Å²) in [5, 5.41) is 18.1. The Hall–Kier alpha value is -0.810. The molecule has 4 nitrogen and oxygen atoms in total. The molecule has 6 heteroatoms. The Bertz CT molecular complexity index is 372. The molecule has 1 aromatic rings. The van der Waals surface area contributed by atoms with Crippen LogP contribution in [0.3, 0.4) is 0 Å². The zero-order valence-electron chi connectivity index (χ0n) is 8.90. The van der Waals surface area contributed by atoms with Gasteiger partial charge in [-0.1, -0.05) is 23.2 Å². The maximum atomic E-state index is 10.7. The van der Waals surface area contributed by atoms with Crippen LogP contribution in [0.5, 0.6) is 5.75 Å². The second-order valence-electron chi connectivity index (χ2n) is 3.35. The largest absolute Gasteiger partial charge is 0.488 e. The third-order valence-electron chi connectivity index (χ3n) is 2.13. The van der Waals surface area contributed by atoms with Gasteiger partial charge in [0.25, 0.3) is 0 Å². The van der Waals surface area contributed by atoms with E-state index in [0.29, 0.717) is 18.5 Å². The number of hydrogen-bond acceptors (Lipinski definition) is 4. The maximum absolute atomic E-state index is 10.7. The molecule has 94 valence electrons. The number of aliphatic hydroxyl groups excluding tert-OH is 2. The molecular weight excluding hydrogens is 267 g/mol. The molecule has 0 aliphatic carbocycles. The Morgan fingerprint density at radius 1 is 1.29 bits per heavy atom. The first-order chi connectivity index (χ1) is 8.12. The lowest BCUT2D eigenvalue weighted by Gasteiger charge is -2.16. The van der Waals surface area contributed by atoms with E-state index in [1.165, 1.54) is 12.1 Å². The van der Waals surface area contributed by atoms with Gasteiger partial charge in [0.15, 0.2) is 6.29 Å². The van der Waals surface area contributed by atoms with Crippen molar-refractivity contribution < 1.29 is 19.7 Å². The van der Waals surface area contributed by atoms with Crippen molar-refractivity contribution in [3.63, 3.8) is 0 Å². The molecule has 0 aromatic heterocycles. The Kier molecular flexibility index (Phi) is 5.71. The smallest absolute Gasteiger partial charge is 0.153 e. The number of benzene rings is 1. The van der Waals surface area contributed by atoms with Crippen molar-refractivity contribution in [1.82, 2.24) is 0 Å². The minimum absolute atomic E-state index is 0.0981. The van der Waals surface area contributed by atoms with E-state index in [1.807, 2.05) is 0 Å². The van der Waals surface area contributed by atoms with Gasteiger partial charge in [-0.2, -0.15) is 0 Å². The van der Waals surface area contributed by atoms with Crippen LogP contribution in [0.15, 0.2) is 12.1 Å². The van der Waals surface area contributed by atoms with Crippen LogP contribution in [-0.4, -0.2) is 35.8 Å². The lowest BCUT2D eigenvalue weighted by molar-refractivity contribution is 0.0906. The van der Waals surface area contributed by atoms with Crippen LogP contribution in [0.4, 0.5) is 0 Å². The quantitative estimate of drug-likeness (QED) is 0.781. The normalized spacial score (nSPS) is 12.2. The van der Waals surface area contributed by atoms with E-state index < -0.39 is 6.10 Å². The summed E-state index contributed by atoms with van der Waals surface area (Å²) in [5.74, 6) is 0.345. The summed E-state index contributed by atoms with van der Waals surface area (Å²) in [7, 11) is 0. The molecule has 0 saturated heterocycles. The van der Waals surface area contributed by atoms with E-state index in [9.17, 15) is 4.79 Å². The number of halogens is 2. The van der Waals surface area contributed by atoms with Gasteiger partial charge in [0.05, 0.1) is 22.2 Å². The zero-order valence-corrected chi connectivity index (χ0v) is 10.4. The average Bonchev–Trinajstić information content (AvgIpc) is 2.28. The monoisotopic (exact) mass is 278 g/mol. The van der Waals surface area contributed by atoms with Gasteiger partial charge in [-0.25, -0.2) is 0 Å². The molecule has 2 N–H and O–H groups in total. The topological polar surface area (TPSA) is 66.8 Å². The molecule has 1 aromatic carbocycles. The fraction of sp³-hybridized carbons (Fsp3) is 0.364. The number of ether oxygens (including phenoxy) is 1. The lowest BCUT2D eigenvalue weighted by atomic mass is 10.2. The summed E-state index contributed by atoms with van der Waals surface area (Å²) < 4.78 is 5.37. The van der Waals surface area contributed by atoms with E-state index in [4.69, 9.17) is 38.2 Å². The van der Waals surface area contributed by atoms with Gasteiger partial charge >= 0.3 is 0 Å². The van der Waals surface area contributed by atoms with E-state index in [1.54, 1.807) is 0 Å². The highest BCUT2D eigenvalue weighted by molar-refractivity contribution is 6.38. The fourth-order valence-electron chi connectivity index (χ4n) is 1.27. The first-order valence-corrected chi connectivity index (χ1v) is 5.70. The van der Waals surface area contributed by atoms with Crippen molar-refractivity contribution in [3.8, 4) is 5.75 Å². The molecule has 0 aliphatic rings. The third-order valence-corrected chi connectivity index (χ3v) is 2.75. The molecular formula is C11H12Cl2O4. The van der Waals surface area contributed by atoms with E-state index in [-0.39, 0.29) is 28.8 Å². The Morgan fingerprint density at radius 3 is 2.29 bits per heavy atom. The summed E-state index contributed by atoms with van der Waals surface area (Å²) in [6.45, 7) is -0.329. The highest BCUT2D eigenvalue weighted by atomic mass is 35.5. The summed E-state index contributed by atoms with van der Waals surface area (Å²) >= 11 is 11.7. The van der Waals surface area contributed by atoms with Gasteiger partial charge in [-0.05, 0) is 12.1 Å². The molecule has 1 atom stereocenters. The molecule has 0 amide bonds. The van der Waals surface area contributed by atoms with Crippen molar-refractivity contribution in [3.05, 3.63) is 27.7 Å². The van der Waals surface area contributed by atoms with Crippen molar-refractivity contribution in [2.24, 2.45) is 0 Å². The van der Waals surface area contributed by atoms with Crippen LogP contribution in [0.25, 0.3) is 0 Å². The molecule has 0 saturated carbocycles. The van der Waals surface area contributed by atoms with Gasteiger partial charge in [0, 0.05) is 13.0 Å². The molecule has 1 unspecified atom stereocenters. The number of carbonyl (C=O) groups excluding carboxylic acids is 1. The van der Waals surface area contributed by atoms with Crippen LogP contribution in [0.2, 0.25) is 10.0 Å². The lowest BCUT2D eigenvalue weighted by Crippen LogP contribution is -2.22. The first kappa shape index (κ1) is 14.3. The summed E-state index contributed by atoms with van der Waals surface area (Å²) in [6, 6.07) is 2.88. The molecule has 0 heterocycles. The number of rotatable bonds is 6. The maximum Gasteiger partial charge on any atom is 0.153 e. The second-order valence-corrected chi connectivity index (χ2v) is 4.17. The summed E-state index contributed by atoms with van der Waals surface area (Å²) in [4.78, 5) is 10.7. The van der Waals surface area contributed by atoms with Crippen LogP contribution < -0.4 is 4.74 Å². The molecule has 0 bridgehead atoms. The Balaban J connectivity index is 2.88. The average molecular weight is 279 g/mol. The summed E-state index contributed by atoms with van der Waals surface area (Å²) in [5.41, 5.74) is 0.198. The number of aldehydes is 1. The van der Waals surface area contributed by atoms with Gasteiger partial charge in [-0.3, -0.25) is 4.79 Å². The predicted molar refractivity (Wildman–Crippen MR) is 65.1 cm³/mol. The van der Waals surface area contributed by atoms with Gasteiger partial charge in [0.2, 0.25) is 0 Å². The van der Waals surface area contributed by atoms with E-state index in [2.05, 4.69) is 0 Å². The second kappa shape index (κ2) is 6.81. The van der Waals surface area contributed by atoms with Crippen LogP contribution >= 0.6 is 23.2 Å². The first-order valence-electron chi connectivity index (χ1n) is 4.95. The zero-order chi connectivity index (χ0) is 12.8. The van der Waals surface area contributed by atoms with Crippen LogP contribution in [0, 0.1) is 0 Å². The molecule has 0 fully saturated rings. The summed E-state index contributed by atoms with van der Waals surface area (Å²) in [6.07, 6.45) is 0.321. The van der Waals surface area contributed by atoms with Crippen molar-refractivity contribution in [1.29, 1.82) is 0 Å². The molecule has 1 rings (SSSR count). The number of aliphatic hydroxyl groups is 2. The Labute approximate surface area is 109 Å². The van der Waals surface area contributed by atoms with Crippen LogP contribution in [-0.2, 0) is 0 Å². The van der Waals surface area contributed by atoms with Gasteiger partial charge < -0.3 is 14.9 Å². The van der Waals surface area contributed by atoms with Crippen molar-refractivity contribution in [2.75, 3.05) is 13.2 Å². The van der Waals surface area contributed by atoms with Crippen molar-refractivity contribution in [2.45, 2.75) is 12.5 Å². The van der Waals surface area contributed by atoms with E-state index in [0.717, 1.165) is 0 Å². The predicted octanol–water partition coefficient (Wildman–Crippen LogP) is 1.93. The molecule has 0 radical (unpaired) electrons. The highest BCUT2D eigenvalue weighted by Crippen LogP contribution is 2.29.